The largest absolute Gasteiger partial charge is 0.481 e. The van der Waals surface area contributed by atoms with Crippen LogP contribution >= 0.6 is 0 Å². The van der Waals surface area contributed by atoms with Gasteiger partial charge in [-0.15, -0.1) is 0 Å². The minimum atomic E-state index is -0.759. The van der Waals surface area contributed by atoms with E-state index in [4.69, 9.17) is 9.84 Å². The molecule has 1 heterocycles. The van der Waals surface area contributed by atoms with Crippen LogP contribution in [0.25, 0.3) is 0 Å². The topological polar surface area (TPSA) is 87.1 Å². The fourth-order valence-electron chi connectivity index (χ4n) is 4.19. The summed E-state index contributed by atoms with van der Waals surface area (Å²) in [4.78, 5) is 25.3. The number of carbonyl (C=O) groups excluding carboxylic acids is 1. The van der Waals surface area contributed by atoms with Crippen LogP contribution in [0.2, 0.25) is 0 Å². The van der Waals surface area contributed by atoms with Crippen molar-refractivity contribution in [3.8, 4) is 0 Å². The molecule has 0 aromatic heterocycles. The molecule has 172 valence electrons. The van der Waals surface area contributed by atoms with Gasteiger partial charge in [-0.25, -0.2) is 0 Å². The fourth-order valence-corrected chi connectivity index (χ4v) is 4.19. The Hall–Kier alpha value is -2.18. The Morgan fingerprint density at radius 3 is 2.68 bits per heavy atom. The number of ether oxygens (including phenoxy) is 1. The van der Waals surface area contributed by atoms with E-state index in [1.54, 1.807) is 7.11 Å². The molecule has 2 rings (SSSR count). The lowest BCUT2D eigenvalue weighted by Crippen LogP contribution is -2.35. The first-order chi connectivity index (χ1) is 14.7. The van der Waals surface area contributed by atoms with Crippen LogP contribution in [0.5, 0.6) is 0 Å². The van der Waals surface area contributed by atoms with Gasteiger partial charge in [0.2, 0.25) is 5.91 Å². The van der Waals surface area contributed by atoms with Crippen molar-refractivity contribution in [2.45, 2.75) is 77.5 Å². The number of hydrogen-bond acceptors (Lipinski definition) is 4. The van der Waals surface area contributed by atoms with Crippen LogP contribution < -0.4 is 0 Å². The van der Waals surface area contributed by atoms with Crippen molar-refractivity contribution in [1.82, 2.24) is 4.90 Å². The fraction of sp³-hybridized carbons (Fsp3) is 0.600. The van der Waals surface area contributed by atoms with Gasteiger partial charge in [0.25, 0.3) is 0 Å². The summed E-state index contributed by atoms with van der Waals surface area (Å²) in [6.07, 6.45) is 7.92. The zero-order valence-electron chi connectivity index (χ0n) is 19.0. The minimum Gasteiger partial charge on any atom is -0.481 e. The van der Waals surface area contributed by atoms with Gasteiger partial charge >= 0.3 is 5.97 Å². The van der Waals surface area contributed by atoms with Crippen molar-refractivity contribution in [1.29, 1.82) is 0 Å². The molecule has 1 fully saturated rings. The first-order valence-corrected chi connectivity index (χ1v) is 11.2. The van der Waals surface area contributed by atoms with Gasteiger partial charge in [-0.05, 0) is 30.4 Å². The number of methoxy groups -OCH3 is 1. The lowest BCUT2D eigenvalue weighted by atomic mass is 9.89. The molecule has 1 aromatic carbocycles. The Bertz CT molecular complexity index is 758. The van der Waals surface area contributed by atoms with Crippen molar-refractivity contribution >= 4 is 11.9 Å². The second kappa shape index (κ2) is 12.0. The molecule has 2 N–H and O–H groups in total. The molecule has 0 aliphatic carbocycles. The number of nitrogens with zero attached hydrogens (tertiary/aromatic N) is 1. The van der Waals surface area contributed by atoms with E-state index in [0.29, 0.717) is 26.0 Å². The van der Waals surface area contributed by atoms with E-state index < -0.39 is 17.5 Å². The third-order valence-corrected chi connectivity index (χ3v) is 5.80. The third kappa shape index (κ3) is 8.11. The lowest BCUT2D eigenvalue weighted by molar-refractivity contribution is -0.137. The standard InChI is InChI=1S/C25H37NO5/c1-25(2)17-21(26(24(25)30)14-7-5-4-6-11-23(28)29)12-13-22(27)16-19-9-8-10-20(15-19)18-31-3/h8-10,12-13,15,21-22,27H,4-7,11,14,16-18H2,1-3H3,(H,28,29)/b13-12+. The summed E-state index contributed by atoms with van der Waals surface area (Å²) in [7, 11) is 1.66. The highest BCUT2D eigenvalue weighted by molar-refractivity contribution is 5.85. The number of carboxylic acids is 1. The van der Waals surface area contributed by atoms with Crippen molar-refractivity contribution in [3.05, 3.63) is 47.5 Å². The lowest BCUT2D eigenvalue weighted by Gasteiger charge is -2.23. The number of aliphatic hydroxyl groups is 1. The maximum Gasteiger partial charge on any atom is 0.303 e. The molecular weight excluding hydrogens is 394 g/mol. The SMILES string of the molecule is COCc1cccc(CC(O)/C=C/C2CC(C)(C)C(=O)N2CCCCCCC(=O)O)c1. The average molecular weight is 432 g/mol. The smallest absolute Gasteiger partial charge is 0.303 e. The molecule has 6 nitrogen and oxygen atoms in total. The molecular formula is C25H37NO5. The summed E-state index contributed by atoms with van der Waals surface area (Å²) < 4.78 is 5.17. The molecule has 0 bridgehead atoms. The molecule has 1 amide bonds. The highest BCUT2D eigenvalue weighted by Crippen LogP contribution is 2.36. The summed E-state index contributed by atoms with van der Waals surface area (Å²) in [5, 5.41) is 19.2. The van der Waals surface area contributed by atoms with Gasteiger partial charge in [-0.2, -0.15) is 0 Å². The second-order valence-corrected chi connectivity index (χ2v) is 9.12. The van der Waals surface area contributed by atoms with Crippen molar-refractivity contribution < 1.29 is 24.5 Å². The normalized spacial score (nSPS) is 19.3. The third-order valence-electron chi connectivity index (χ3n) is 5.80. The summed E-state index contributed by atoms with van der Waals surface area (Å²) >= 11 is 0. The first-order valence-electron chi connectivity index (χ1n) is 11.2. The van der Waals surface area contributed by atoms with Crippen molar-refractivity contribution in [2.24, 2.45) is 5.41 Å². The summed E-state index contributed by atoms with van der Waals surface area (Å²) in [5.74, 6) is -0.611. The van der Waals surface area contributed by atoms with Gasteiger partial charge in [-0.3, -0.25) is 9.59 Å². The number of benzene rings is 1. The Kier molecular flexibility index (Phi) is 9.72. The minimum absolute atomic E-state index is 0.0176. The Morgan fingerprint density at radius 2 is 1.97 bits per heavy atom. The number of hydrogen-bond donors (Lipinski definition) is 2. The van der Waals surface area contributed by atoms with Gasteiger partial charge in [0, 0.05) is 31.9 Å². The molecule has 0 radical (unpaired) electrons. The zero-order valence-corrected chi connectivity index (χ0v) is 19.0. The highest BCUT2D eigenvalue weighted by Gasteiger charge is 2.43. The predicted octanol–water partition coefficient (Wildman–Crippen LogP) is 3.95. The molecule has 2 unspecified atom stereocenters. The maximum absolute atomic E-state index is 12.8. The van der Waals surface area contributed by atoms with Crippen molar-refractivity contribution in [2.75, 3.05) is 13.7 Å². The maximum atomic E-state index is 12.8. The Balaban J connectivity index is 1.90. The van der Waals surface area contributed by atoms with Crippen LogP contribution in [0.3, 0.4) is 0 Å². The van der Waals surface area contributed by atoms with Gasteiger partial charge in [0.05, 0.1) is 18.8 Å². The van der Waals surface area contributed by atoms with Crippen LogP contribution in [0, 0.1) is 5.41 Å². The van der Waals surface area contributed by atoms with Crippen LogP contribution in [-0.2, 0) is 27.4 Å². The summed E-state index contributed by atoms with van der Waals surface area (Å²) in [6.45, 7) is 5.16. The molecule has 1 aliphatic heterocycles. The van der Waals surface area contributed by atoms with Crippen LogP contribution in [0.4, 0.5) is 0 Å². The van der Waals surface area contributed by atoms with Gasteiger partial charge < -0.3 is 19.8 Å². The number of unbranched alkanes of at least 4 members (excludes halogenated alkanes) is 3. The zero-order chi connectivity index (χ0) is 22.9. The molecule has 2 atom stereocenters. The number of aliphatic carboxylic acids is 1. The van der Waals surface area contributed by atoms with Crippen LogP contribution in [-0.4, -0.2) is 52.8 Å². The number of amides is 1. The molecule has 0 spiro atoms. The number of carboxylic acid groups (broad SMARTS) is 1. The second-order valence-electron chi connectivity index (χ2n) is 9.12. The quantitative estimate of drug-likeness (QED) is 0.365. The van der Waals surface area contributed by atoms with E-state index in [1.807, 2.05) is 55.2 Å². The van der Waals surface area contributed by atoms with E-state index in [2.05, 4.69) is 0 Å². The van der Waals surface area contributed by atoms with Gasteiger partial charge in [0.15, 0.2) is 0 Å². The van der Waals surface area contributed by atoms with Gasteiger partial charge in [0.1, 0.15) is 0 Å². The van der Waals surface area contributed by atoms with Crippen LogP contribution in [0.1, 0.15) is 63.5 Å². The molecule has 1 aliphatic rings. The summed E-state index contributed by atoms with van der Waals surface area (Å²) in [5.41, 5.74) is 1.72. The number of likely N-dealkylation sites (tertiary alicyclic amines) is 1. The molecule has 1 saturated heterocycles. The number of aliphatic hydroxyl groups excluding tert-OH is 1. The molecule has 31 heavy (non-hydrogen) atoms. The van der Waals surface area contributed by atoms with E-state index in [0.717, 1.165) is 36.8 Å². The Labute approximate surface area is 185 Å². The average Bonchev–Trinajstić information content (AvgIpc) is 2.92. The van der Waals surface area contributed by atoms with E-state index >= 15 is 0 Å². The summed E-state index contributed by atoms with van der Waals surface area (Å²) in [6, 6.07) is 7.99. The molecule has 0 saturated carbocycles. The first kappa shape index (κ1) is 25.1. The van der Waals surface area contributed by atoms with E-state index in [1.165, 1.54) is 0 Å². The molecule has 1 aromatic rings. The Morgan fingerprint density at radius 1 is 1.26 bits per heavy atom. The number of rotatable bonds is 13. The monoisotopic (exact) mass is 431 g/mol. The van der Waals surface area contributed by atoms with Crippen LogP contribution in [0.15, 0.2) is 36.4 Å². The van der Waals surface area contributed by atoms with Crippen molar-refractivity contribution in [3.63, 3.8) is 0 Å². The molecule has 6 heteroatoms. The van der Waals surface area contributed by atoms with E-state index in [-0.39, 0.29) is 18.4 Å². The number of carbonyl (C=O) groups is 2. The highest BCUT2D eigenvalue weighted by atomic mass is 16.5. The predicted molar refractivity (Wildman–Crippen MR) is 121 cm³/mol. The van der Waals surface area contributed by atoms with E-state index in [9.17, 15) is 14.7 Å². The van der Waals surface area contributed by atoms with Gasteiger partial charge in [-0.1, -0.05) is 63.1 Å².